The maximum Gasteiger partial charge on any atom is 0.241 e. The molecule has 2 aromatic heterocycles. The molecule has 0 atom stereocenters. The molecule has 0 radical (unpaired) electrons. The van der Waals surface area contributed by atoms with Gasteiger partial charge in [0.25, 0.3) is 0 Å². The Balaban J connectivity index is 1.53. The third-order valence-electron chi connectivity index (χ3n) is 5.08. The van der Waals surface area contributed by atoms with E-state index in [2.05, 4.69) is 14.8 Å². The van der Waals surface area contributed by atoms with Gasteiger partial charge in [0.05, 0.1) is 10.6 Å². The molecule has 0 spiro atoms. The Bertz CT molecular complexity index is 1310. The first-order valence-electron chi connectivity index (χ1n) is 9.73. The van der Waals surface area contributed by atoms with Crippen LogP contribution in [0.5, 0.6) is 0 Å². The maximum atomic E-state index is 12.9. The summed E-state index contributed by atoms with van der Waals surface area (Å²) in [6.45, 7) is 7.96. The van der Waals surface area contributed by atoms with E-state index >= 15 is 0 Å². The lowest BCUT2D eigenvalue weighted by Crippen LogP contribution is -2.27. The smallest absolute Gasteiger partial charge is 0.211 e. The Morgan fingerprint density at radius 2 is 1.73 bits per heavy atom. The number of fused-ring (bicyclic) bond motifs is 1. The van der Waals surface area contributed by atoms with Crippen molar-refractivity contribution >= 4 is 26.3 Å². The standard InChI is InChI=1S/C22H24N4O2S2/c1-14-11-16(3)20(17(4)12-14)30(27,28)23-10-9-18-13-29-22-24-21(25-26(18)22)19-8-6-5-7-15(19)2/h5-8,11-13,23H,9-10H2,1-4H3. The fourth-order valence-electron chi connectivity index (χ4n) is 3.81. The quantitative estimate of drug-likeness (QED) is 0.487. The van der Waals surface area contributed by atoms with E-state index in [1.807, 2.05) is 74.0 Å². The van der Waals surface area contributed by atoms with E-state index in [0.717, 1.165) is 38.5 Å². The molecule has 0 unspecified atom stereocenters. The van der Waals surface area contributed by atoms with E-state index in [4.69, 9.17) is 0 Å². The molecule has 8 heteroatoms. The van der Waals surface area contributed by atoms with Crippen LogP contribution in [-0.4, -0.2) is 29.6 Å². The van der Waals surface area contributed by atoms with Crippen molar-refractivity contribution < 1.29 is 8.42 Å². The first kappa shape index (κ1) is 20.7. The van der Waals surface area contributed by atoms with Gasteiger partial charge in [0.2, 0.25) is 15.0 Å². The number of rotatable bonds is 6. The van der Waals surface area contributed by atoms with E-state index in [-0.39, 0.29) is 0 Å². The number of aryl methyl sites for hydroxylation is 4. The minimum Gasteiger partial charge on any atom is -0.211 e. The van der Waals surface area contributed by atoms with Crippen LogP contribution in [0.1, 0.15) is 27.9 Å². The third kappa shape index (κ3) is 3.90. The van der Waals surface area contributed by atoms with Crippen LogP contribution in [0.4, 0.5) is 0 Å². The van der Waals surface area contributed by atoms with Crippen molar-refractivity contribution in [2.24, 2.45) is 0 Å². The second kappa shape index (κ2) is 7.94. The summed E-state index contributed by atoms with van der Waals surface area (Å²) < 4.78 is 30.3. The van der Waals surface area contributed by atoms with Crippen LogP contribution in [0.3, 0.4) is 0 Å². The maximum absolute atomic E-state index is 12.9. The van der Waals surface area contributed by atoms with Gasteiger partial charge in [-0.3, -0.25) is 0 Å². The molecule has 0 aliphatic carbocycles. The third-order valence-corrected chi connectivity index (χ3v) is 7.71. The van der Waals surface area contributed by atoms with Gasteiger partial charge in [-0.05, 0) is 44.4 Å². The minimum atomic E-state index is -3.58. The first-order chi connectivity index (χ1) is 14.3. The molecule has 6 nitrogen and oxygen atoms in total. The molecule has 0 saturated heterocycles. The lowest BCUT2D eigenvalue weighted by Gasteiger charge is -2.13. The molecule has 1 N–H and O–H groups in total. The summed E-state index contributed by atoms with van der Waals surface area (Å²) in [5.41, 5.74) is 5.64. The zero-order valence-corrected chi connectivity index (χ0v) is 19.1. The lowest BCUT2D eigenvalue weighted by molar-refractivity contribution is 0.579. The van der Waals surface area contributed by atoms with Gasteiger partial charge in [-0.2, -0.15) is 4.98 Å². The van der Waals surface area contributed by atoms with Crippen molar-refractivity contribution in [1.82, 2.24) is 19.3 Å². The normalized spacial score (nSPS) is 12.0. The SMILES string of the molecule is Cc1cc(C)c(S(=O)(=O)NCCc2csc3nc(-c4ccccc4C)nn23)c(C)c1. The fourth-order valence-corrected chi connectivity index (χ4v) is 6.15. The van der Waals surface area contributed by atoms with Crippen LogP contribution < -0.4 is 4.72 Å². The van der Waals surface area contributed by atoms with Crippen LogP contribution in [-0.2, 0) is 16.4 Å². The van der Waals surface area contributed by atoms with Crippen LogP contribution in [0.15, 0.2) is 46.7 Å². The molecule has 30 heavy (non-hydrogen) atoms. The van der Waals surface area contributed by atoms with Crippen LogP contribution in [0.2, 0.25) is 0 Å². The Morgan fingerprint density at radius 3 is 2.43 bits per heavy atom. The number of hydrogen-bond donors (Lipinski definition) is 1. The van der Waals surface area contributed by atoms with Gasteiger partial charge < -0.3 is 0 Å². The lowest BCUT2D eigenvalue weighted by atomic mass is 10.1. The monoisotopic (exact) mass is 440 g/mol. The van der Waals surface area contributed by atoms with Gasteiger partial charge in [0, 0.05) is 23.9 Å². The predicted octanol–water partition coefficient (Wildman–Crippen LogP) is 4.21. The molecule has 0 aliphatic rings. The first-order valence-corrected chi connectivity index (χ1v) is 12.1. The minimum absolute atomic E-state index is 0.292. The highest BCUT2D eigenvalue weighted by Gasteiger charge is 2.20. The molecule has 0 fully saturated rings. The summed E-state index contributed by atoms with van der Waals surface area (Å²) in [5, 5.41) is 6.63. The highest BCUT2D eigenvalue weighted by molar-refractivity contribution is 7.89. The molecule has 2 aromatic carbocycles. The molecule has 0 bridgehead atoms. The summed E-state index contributed by atoms with van der Waals surface area (Å²) >= 11 is 1.51. The van der Waals surface area contributed by atoms with E-state index in [1.165, 1.54) is 11.3 Å². The van der Waals surface area contributed by atoms with E-state index in [0.29, 0.717) is 23.7 Å². The second-order valence-corrected chi connectivity index (χ2v) is 10.1. The largest absolute Gasteiger partial charge is 0.241 e. The van der Waals surface area contributed by atoms with E-state index in [9.17, 15) is 8.42 Å². The van der Waals surface area contributed by atoms with Crippen molar-refractivity contribution in [2.45, 2.75) is 39.0 Å². The predicted molar refractivity (Wildman–Crippen MR) is 121 cm³/mol. The van der Waals surface area contributed by atoms with Gasteiger partial charge in [-0.1, -0.05) is 42.0 Å². The molecule has 0 aliphatic heterocycles. The number of nitrogens with one attached hydrogen (secondary N) is 1. The number of aromatic nitrogens is 3. The molecule has 4 aromatic rings. The van der Waals surface area contributed by atoms with Gasteiger partial charge in [-0.15, -0.1) is 16.4 Å². The van der Waals surface area contributed by atoms with Crippen LogP contribution in [0, 0.1) is 27.7 Å². The van der Waals surface area contributed by atoms with E-state index < -0.39 is 10.0 Å². The molecule has 0 saturated carbocycles. The van der Waals surface area contributed by atoms with Crippen molar-refractivity contribution in [3.05, 3.63) is 69.7 Å². The second-order valence-electron chi connectivity index (χ2n) is 7.55. The topological polar surface area (TPSA) is 76.4 Å². The van der Waals surface area contributed by atoms with Gasteiger partial charge >= 0.3 is 0 Å². The van der Waals surface area contributed by atoms with Crippen LogP contribution in [0.25, 0.3) is 16.3 Å². The molecule has 156 valence electrons. The molecule has 4 rings (SSSR count). The summed E-state index contributed by atoms with van der Waals surface area (Å²) in [4.78, 5) is 5.80. The Hall–Kier alpha value is -2.55. The Labute approximate surface area is 180 Å². The van der Waals surface area contributed by atoms with Crippen molar-refractivity contribution in [3.63, 3.8) is 0 Å². The molecule has 0 amide bonds. The Morgan fingerprint density at radius 1 is 1.03 bits per heavy atom. The summed E-state index contributed by atoms with van der Waals surface area (Å²) in [7, 11) is -3.58. The zero-order valence-electron chi connectivity index (χ0n) is 17.4. The molecular formula is C22H24N4O2S2. The molecule has 2 heterocycles. The van der Waals surface area contributed by atoms with Crippen molar-refractivity contribution in [2.75, 3.05) is 6.54 Å². The Kier molecular flexibility index (Phi) is 5.48. The zero-order chi connectivity index (χ0) is 21.5. The number of benzene rings is 2. The number of nitrogens with zero attached hydrogens (tertiary/aromatic N) is 3. The van der Waals surface area contributed by atoms with Gasteiger partial charge in [0.15, 0.2) is 5.82 Å². The number of hydrogen-bond acceptors (Lipinski definition) is 5. The fraction of sp³-hybridized carbons (Fsp3) is 0.273. The molecular weight excluding hydrogens is 416 g/mol. The number of thiazole rings is 1. The summed E-state index contributed by atoms with van der Waals surface area (Å²) in [5.74, 6) is 0.688. The van der Waals surface area contributed by atoms with E-state index in [1.54, 1.807) is 0 Å². The van der Waals surface area contributed by atoms with Crippen molar-refractivity contribution in [1.29, 1.82) is 0 Å². The van der Waals surface area contributed by atoms with Crippen molar-refractivity contribution in [3.8, 4) is 11.4 Å². The van der Waals surface area contributed by atoms with Gasteiger partial charge in [0.1, 0.15) is 0 Å². The average Bonchev–Trinajstić information content (AvgIpc) is 3.22. The van der Waals surface area contributed by atoms with Gasteiger partial charge in [-0.25, -0.2) is 17.7 Å². The van der Waals surface area contributed by atoms with Crippen LogP contribution >= 0.6 is 11.3 Å². The number of sulfonamides is 1. The summed E-state index contributed by atoms with van der Waals surface area (Å²) in [6, 6.07) is 11.8. The average molecular weight is 441 g/mol. The summed E-state index contributed by atoms with van der Waals surface area (Å²) in [6.07, 6.45) is 0.528. The highest BCUT2D eigenvalue weighted by atomic mass is 32.2. The highest BCUT2D eigenvalue weighted by Crippen LogP contribution is 2.24.